The van der Waals surface area contributed by atoms with Crippen LogP contribution >= 0.6 is 0 Å². The van der Waals surface area contributed by atoms with E-state index in [9.17, 15) is 4.79 Å². The number of hydrogen-bond acceptors (Lipinski definition) is 4. The molecule has 7 nitrogen and oxygen atoms in total. The van der Waals surface area contributed by atoms with Gasteiger partial charge in [0.2, 0.25) is 0 Å². The van der Waals surface area contributed by atoms with E-state index >= 15 is 0 Å². The maximum atomic E-state index is 12.4. The van der Waals surface area contributed by atoms with Crippen molar-refractivity contribution in [2.75, 3.05) is 0 Å². The van der Waals surface area contributed by atoms with Crippen LogP contribution in [-0.2, 0) is 13.0 Å². The van der Waals surface area contributed by atoms with Gasteiger partial charge < -0.3 is 9.88 Å². The first-order valence-electron chi connectivity index (χ1n) is 8.00. The number of rotatable bonds is 3. The minimum Gasteiger partial charge on any atom is -0.346 e. The maximum Gasteiger partial charge on any atom is 0.273 e. The summed E-state index contributed by atoms with van der Waals surface area (Å²) in [6, 6.07) is 9.69. The highest BCUT2D eigenvalue weighted by atomic mass is 16.2. The molecule has 1 aromatic carbocycles. The molecule has 0 aliphatic carbocycles. The van der Waals surface area contributed by atoms with E-state index in [1.165, 1.54) is 0 Å². The quantitative estimate of drug-likeness (QED) is 0.793. The van der Waals surface area contributed by atoms with E-state index in [0.717, 1.165) is 36.6 Å². The predicted molar refractivity (Wildman–Crippen MR) is 87.9 cm³/mol. The molecule has 0 fully saturated rings. The van der Waals surface area contributed by atoms with Crippen LogP contribution in [0.3, 0.4) is 0 Å². The first-order chi connectivity index (χ1) is 11.7. The first-order valence-corrected chi connectivity index (χ1v) is 8.00. The summed E-state index contributed by atoms with van der Waals surface area (Å²) >= 11 is 0. The van der Waals surface area contributed by atoms with Gasteiger partial charge in [-0.1, -0.05) is 23.4 Å². The molecule has 3 aromatic rings. The predicted octanol–water partition coefficient (Wildman–Crippen LogP) is 1.52. The lowest BCUT2D eigenvalue weighted by molar-refractivity contribution is 0.0922. The highest BCUT2D eigenvalue weighted by molar-refractivity contribution is 5.92. The standard InChI is InChI=1S/C17H18N6O/c1-12-9-22-10-13(7-8-16(22)18-12)19-17(24)15-11-23(21-20-15)14-5-3-2-4-6-14/h2-6,9,11,13H,7-8,10H2,1H3,(H,19,24)/t13-/m0/s1. The summed E-state index contributed by atoms with van der Waals surface area (Å²) in [5.74, 6) is 0.899. The van der Waals surface area contributed by atoms with Crippen LogP contribution in [0.2, 0.25) is 0 Å². The number of amides is 1. The highest BCUT2D eigenvalue weighted by Gasteiger charge is 2.22. The average molecular weight is 322 g/mol. The zero-order valence-corrected chi connectivity index (χ0v) is 13.4. The lowest BCUT2D eigenvalue weighted by atomic mass is 10.1. The normalized spacial score (nSPS) is 16.6. The Labute approximate surface area is 139 Å². The summed E-state index contributed by atoms with van der Waals surface area (Å²) < 4.78 is 3.72. The van der Waals surface area contributed by atoms with Crippen LogP contribution in [0.5, 0.6) is 0 Å². The van der Waals surface area contributed by atoms with Gasteiger partial charge in [0, 0.05) is 25.2 Å². The van der Waals surface area contributed by atoms with Crippen LogP contribution in [0.15, 0.2) is 42.7 Å². The Morgan fingerprint density at radius 3 is 2.92 bits per heavy atom. The van der Waals surface area contributed by atoms with Gasteiger partial charge in [-0.25, -0.2) is 9.67 Å². The van der Waals surface area contributed by atoms with Gasteiger partial charge in [-0.15, -0.1) is 5.10 Å². The molecule has 1 N–H and O–H groups in total. The number of hydrogen-bond donors (Lipinski definition) is 1. The number of aromatic nitrogens is 5. The molecule has 1 aliphatic heterocycles. The van der Waals surface area contributed by atoms with Crippen LogP contribution in [0.1, 0.15) is 28.4 Å². The van der Waals surface area contributed by atoms with Gasteiger partial charge in [0.25, 0.3) is 5.91 Å². The molecule has 0 bridgehead atoms. The topological polar surface area (TPSA) is 77.6 Å². The zero-order valence-electron chi connectivity index (χ0n) is 13.4. The summed E-state index contributed by atoms with van der Waals surface area (Å²) in [6.45, 7) is 2.73. The van der Waals surface area contributed by atoms with Gasteiger partial charge in [0.05, 0.1) is 17.6 Å². The van der Waals surface area contributed by atoms with Gasteiger partial charge in [0.15, 0.2) is 5.69 Å². The van der Waals surface area contributed by atoms with Gasteiger partial charge in [-0.05, 0) is 25.5 Å². The van der Waals surface area contributed by atoms with Crippen molar-refractivity contribution in [1.82, 2.24) is 29.9 Å². The van der Waals surface area contributed by atoms with Crippen molar-refractivity contribution in [3.63, 3.8) is 0 Å². The molecule has 1 aliphatic rings. The zero-order chi connectivity index (χ0) is 16.5. The molecule has 0 saturated carbocycles. The molecule has 122 valence electrons. The highest BCUT2D eigenvalue weighted by Crippen LogP contribution is 2.15. The van der Waals surface area contributed by atoms with Crippen molar-refractivity contribution in [1.29, 1.82) is 0 Å². The van der Waals surface area contributed by atoms with Gasteiger partial charge in [0.1, 0.15) is 5.82 Å². The van der Waals surface area contributed by atoms with Crippen LogP contribution in [0.4, 0.5) is 0 Å². The Morgan fingerprint density at radius 2 is 2.08 bits per heavy atom. The summed E-state index contributed by atoms with van der Waals surface area (Å²) in [5.41, 5.74) is 2.22. The van der Waals surface area contributed by atoms with Crippen LogP contribution in [-0.4, -0.2) is 36.5 Å². The van der Waals surface area contributed by atoms with Crippen LogP contribution in [0.25, 0.3) is 5.69 Å². The number of carbonyl (C=O) groups is 1. The molecular weight excluding hydrogens is 304 g/mol. The SMILES string of the molecule is Cc1cn2c(n1)CC[C@H](NC(=O)c1cn(-c3ccccc3)nn1)C2. The third kappa shape index (κ3) is 2.80. The minimum atomic E-state index is -0.192. The Hall–Kier alpha value is -2.96. The van der Waals surface area contributed by atoms with Gasteiger partial charge >= 0.3 is 0 Å². The number of nitrogens with zero attached hydrogens (tertiary/aromatic N) is 5. The van der Waals surface area contributed by atoms with Crippen molar-refractivity contribution < 1.29 is 4.79 Å². The minimum absolute atomic E-state index is 0.0838. The van der Waals surface area contributed by atoms with Gasteiger partial charge in [-0.3, -0.25) is 4.79 Å². The molecule has 4 rings (SSSR count). The van der Waals surface area contributed by atoms with Crippen molar-refractivity contribution in [3.05, 3.63) is 59.9 Å². The van der Waals surface area contributed by atoms with E-state index in [2.05, 4.69) is 25.2 Å². The second-order valence-corrected chi connectivity index (χ2v) is 6.04. The summed E-state index contributed by atoms with van der Waals surface area (Å²) in [5, 5.41) is 11.1. The number of carbonyl (C=O) groups excluding carboxylic acids is 1. The van der Waals surface area contributed by atoms with E-state index in [-0.39, 0.29) is 11.9 Å². The van der Waals surface area contributed by atoms with Crippen LogP contribution < -0.4 is 5.32 Å². The molecule has 7 heteroatoms. The fourth-order valence-electron chi connectivity index (χ4n) is 3.04. The van der Waals surface area contributed by atoms with Gasteiger partial charge in [-0.2, -0.15) is 0 Å². The van der Waals surface area contributed by atoms with E-state index in [1.54, 1.807) is 10.9 Å². The molecule has 3 heterocycles. The van der Waals surface area contributed by atoms with Crippen molar-refractivity contribution in [3.8, 4) is 5.69 Å². The number of aryl methyl sites for hydroxylation is 2. The number of benzene rings is 1. The van der Waals surface area contributed by atoms with E-state index in [1.807, 2.05) is 43.5 Å². The monoisotopic (exact) mass is 322 g/mol. The Bertz CT molecular complexity index is 866. The summed E-state index contributed by atoms with van der Waals surface area (Å²) in [6.07, 6.45) is 5.43. The largest absolute Gasteiger partial charge is 0.346 e. The molecule has 0 radical (unpaired) electrons. The first kappa shape index (κ1) is 14.6. The molecule has 0 spiro atoms. The third-order valence-electron chi connectivity index (χ3n) is 4.20. The Balaban J connectivity index is 1.45. The smallest absolute Gasteiger partial charge is 0.273 e. The molecule has 0 saturated heterocycles. The number of fused-ring (bicyclic) bond motifs is 1. The molecule has 1 atom stereocenters. The van der Waals surface area contributed by atoms with Crippen molar-refractivity contribution >= 4 is 5.91 Å². The van der Waals surface area contributed by atoms with E-state index in [4.69, 9.17) is 0 Å². The lowest BCUT2D eigenvalue weighted by Crippen LogP contribution is -2.41. The average Bonchev–Trinajstić information content (AvgIpc) is 3.21. The molecule has 0 unspecified atom stereocenters. The Morgan fingerprint density at radius 1 is 1.25 bits per heavy atom. The van der Waals surface area contributed by atoms with E-state index in [0.29, 0.717) is 5.69 Å². The lowest BCUT2D eigenvalue weighted by Gasteiger charge is -2.24. The van der Waals surface area contributed by atoms with Crippen LogP contribution in [0, 0.1) is 6.92 Å². The molecule has 2 aromatic heterocycles. The van der Waals surface area contributed by atoms with E-state index < -0.39 is 0 Å². The number of nitrogens with one attached hydrogen (secondary N) is 1. The number of para-hydroxylation sites is 1. The fraction of sp³-hybridized carbons (Fsp3) is 0.294. The second-order valence-electron chi connectivity index (χ2n) is 6.04. The maximum absolute atomic E-state index is 12.4. The van der Waals surface area contributed by atoms with Crippen molar-refractivity contribution in [2.24, 2.45) is 0 Å². The summed E-state index contributed by atoms with van der Waals surface area (Å²) in [4.78, 5) is 16.9. The second kappa shape index (κ2) is 5.92. The molecule has 1 amide bonds. The Kier molecular flexibility index (Phi) is 3.60. The summed E-state index contributed by atoms with van der Waals surface area (Å²) in [7, 11) is 0. The third-order valence-corrected chi connectivity index (χ3v) is 4.20. The number of imidazole rings is 1. The molecule has 24 heavy (non-hydrogen) atoms. The fourth-order valence-corrected chi connectivity index (χ4v) is 3.04. The van der Waals surface area contributed by atoms with Crippen molar-refractivity contribution in [2.45, 2.75) is 32.4 Å². The molecular formula is C17H18N6O.